The highest BCUT2D eigenvalue weighted by molar-refractivity contribution is 5.12. The molecule has 0 bridgehead atoms. The Bertz CT molecular complexity index is 405. The van der Waals surface area contributed by atoms with Gasteiger partial charge in [-0.25, -0.2) is 0 Å². The second-order valence-electron chi connectivity index (χ2n) is 3.50. The van der Waals surface area contributed by atoms with Gasteiger partial charge in [0.2, 0.25) is 0 Å². The summed E-state index contributed by atoms with van der Waals surface area (Å²) >= 11 is 0. The van der Waals surface area contributed by atoms with Gasteiger partial charge in [0.15, 0.2) is 5.82 Å². The fourth-order valence-corrected chi connectivity index (χ4v) is 1.65. The van der Waals surface area contributed by atoms with Crippen molar-refractivity contribution in [1.82, 2.24) is 15.2 Å². The van der Waals surface area contributed by atoms with Crippen LogP contribution >= 0.6 is 0 Å². The normalized spacial score (nSPS) is 17.5. The molecule has 2 heterocycles. The molecule has 1 fully saturated rings. The van der Waals surface area contributed by atoms with Crippen LogP contribution in [0, 0.1) is 10.1 Å². The molecule has 0 radical (unpaired) electrons. The van der Waals surface area contributed by atoms with Crippen molar-refractivity contribution in [2.45, 2.75) is 6.54 Å². The molecule has 1 aromatic heterocycles. The van der Waals surface area contributed by atoms with E-state index in [0.717, 1.165) is 24.9 Å². The van der Waals surface area contributed by atoms with E-state index in [1.54, 1.807) is 12.4 Å². The molecular weight excluding hydrogens is 208 g/mol. The van der Waals surface area contributed by atoms with Crippen molar-refractivity contribution in [2.75, 3.05) is 13.1 Å². The van der Waals surface area contributed by atoms with Gasteiger partial charge >= 0.3 is 0 Å². The van der Waals surface area contributed by atoms with Crippen LogP contribution in [0.1, 0.15) is 5.56 Å². The van der Waals surface area contributed by atoms with Gasteiger partial charge in [-0.05, 0) is 17.7 Å². The lowest BCUT2D eigenvalue weighted by atomic mass is 10.2. The number of hydrogen-bond acceptors (Lipinski definition) is 5. The fraction of sp³-hybridized carbons (Fsp3) is 0.300. The number of hydrogen-bond donors (Lipinski definition) is 1. The molecule has 1 N–H and O–H groups in total. The third-order valence-corrected chi connectivity index (χ3v) is 2.38. The Morgan fingerprint density at radius 1 is 1.56 bits per heavy atom. The van der Waals surface area contributed by atoms with Crippen LogP contribution in [0.5, 0.6) is 0 Å². The molecule has 0 spiro atoms. The molecule has 0 unspecified atom stereocenters. The van der Waals surface area contributed by atoms with Crippen molar-refractivity contribution in [3.05, 3.63) is 52.2 Å². The molecule has 16 heavy (non-hydrogen) atoms. The Labute approximate surface area is 92.7 Å². The predicted molar refractivity (Wildman–Crippen MR) is 57.7 cm³/mol. The molecule has 2 rings (SSSR count). The summed E-state index contributed by atoms with van der Waals surface area (Å²) in [6.07, 6.45) is 4.44. The van der Waals surface area contributed by atoms with Crippen LogP contribution in [0.25, 0.3) is 0 Å². The van der Waals surface area contributed by atoms with Crippen molar-refractivity contribution < 1.29 is 4.92 Å². The molecule has 1 aliphatic rings. The largest absolute Gasteiger partial charge is 0.365 e. The summed E-state index contributed by atoms with van der Waals surface area (Å²) < 4.78 is 0. The van der Waals surface area contributed by atoms with E-state index < -0.39 is 4.92 Å². The first-order valence-electron chi connectivity index (χ1n) is 4.99. The van der Waals surface area contributed by atoms with Crippen LogP contribution in [0.4, 0.5) is 0 Å². The van der Waals surface area contributed by atoms with Gasteiger partial charge < -0.3 is 10.2 Å². The molecule has 0 aromatic carbocycles. The SMILES string of the molecule is O=[N+]([O-])/C=C1/NCCN1Cc1ccncc1. The van der Waals surface area contributed by atoms with Crippen molar-refractivity contribution in [1.29, 1.82) is 0 Å². The summed E-state index contributed by atoms with van der Waals surface area (Å²) in [5.74, 6) is 0.571. The van der Waals surface area contributed by atoms with E-state index >= 15 is 0 Å². The number of nitrogens with zero attached hydrogens (tertiary/aromatic N) is 3. The molecule has 0 aliphatic carbocycles. The first-order chi connectivity index (χ1) is 7.75. The summed E-state index contributed by atoms with van der Waals surface area (Å²) in [5, 5.41) is 13.4. The van der Waals surface area contributed by atoms with Gasteiger partial charge in [0.25, 0.3) is 6.20 Å². The zero-order chi connectivity index (χ0) is 11.4. The maximum absolute atomic E-state index is 10.4. The first kappa shape index (κ1) is 10.4. The van der Waals surface area contributed by atoms with E-state index in [-0.39, 0.29) is 0 Å². The van der Waals surface area contributed by atoms with E-state index in [1.165, 1.54) is 0 Å². The number of rotatable bonds is 3. The third kappa shape index (κ3) is 2.47. The minimum atomic E-state index is -0.437. The second-order valence-corrected chi connectivity index (χ2v) is 3.50. The van der Waals surface area contributed by atoms with E-state index in [9.17, 15) is 10.1 Å². The lowest BCUT2D eigenvalue weighted by molar-refractivity contribution is -0.404. The van der Waals surface area contributed by atoms with Gasteiger partial charge in [-0.15, -0.1) is 0 Å². The minimum absolute atomic E-state index is 0.437. The zero-order valence-corrected chi connectivity index (χ0v) is 8.67. The van der Waals surface area contributed by atoms with Crippen LogP contribution in [-0.2, 0) is 6.54 Å². The minimum Gasteiger partial charge on any atom is -0.365 e. The summed E-state index contributed by atoms with van der Waals surface area (Å²) in [6.45, 7) is 2.18. The molecule has 84 valence electrons. The van der Waals surface area contributed by atoms with Gasteiger partial charge in [0, 0.05) is 32.0 Å². The lowest BCUT2D eigenvalue weighted by Gasteiger charge is -2.16. The lowest BCUT2D eigenvalue weighted by Crippen LogP contribution is -2.20. The molecule has 1 aromatic rings. The maximum Gasteiger partial charge on any atom is 0.274 e. The Morgan fingerprint density at radius 3 is 3.00 bits per heavy atom. The topological polar surface area (TPSA) is 71.3 Å². The van der Waals surface area contributed by atoms with Crippen molar-refractivity contribution in [3.8, 4) is 0 Å². The van der Waals surface area contributed by atoms with Crippen molar-refractivity contribution in [2.24, 2.45) is 0 Å². The Morgan fingerprint density at radius 2 is 2.31 bits per heavy atom. The smallest absolute Gasteiger partial charge is 0.274 e. The monoisotopic (exact) mass is 220 g/mol. The summed E-state index contributed by atoms with van der Waals surface area (Å²) in [7, 11) is 0. The fourth-order valence-electron chi connectivity index (χ4n) is 1.65. The zero-order valence-electron chi connectivity index (χ0n) is 8.67. The standard InChI is InChI=1S/C10H12N4O2/c15-14(16)8-10-12-5-6-13(10)7-9-1-3-11-4-2-9/h1-4,8,12H,5-7H2/b10-8-. The van der Waals surface area contributed by atoms with E-state index in [0.29, 0.717) is 12.4 Å². The van der Waals surface area contributed by atoms with Crippen LogP contribution in [0.2, 0.25) is 0 Å². The molecular formula is C10H12N4O2. The van der Waals surface area contributed by atoms with Gasteiger partial charge in [-0.1, -0.05) is 0 Å². The first-order valence-corrected chi connectivity index (χ1v) is 4.99. The average molecular weight is 220 g/mol. The summed E-state index contributed by atoms with van der Waals surface area (Å²) in [5.41, 5.74) is 1.09. The van der Waals surface area contributed by atoms with E-state index in [1.807, 2.05) is 17.0 Å². The number of aromatic nitrogens is 1. The molecule has 1 aliphatic heterocycles. The van der Waals surface area contributed by atoms with E-state index in [4.69, 9.17) is 0 Å². The van der Waals surface area contributed by atoms with Crippen molar-refractivity contribution >= 4 is 0 Å². The maximum atomic E-state index is 10.4. The van der Waals surface area contributed by atoms with Crippen LogP contribution in [0.15, 0.2) is 36.5 Å². The third-order valence-electron chi connectivity index (χ3n) is 2.38. The van der Waals surface area contributed by atoms with Crippen molar-refractivity contribution in [3.63, 3.8) is 0 Å². The number of nitro groups is 1. The highest BCUT2D eigenvalue weighted by Crippen LogP contribution is 2.12. The Balaban J connectivity index is 2.07. The highest BCUT2D eigenvalue weighted by atomic mass is 16.6. The molecule has 0 saturated carbocycles. The molecule has 0 atom stereocenters. The molecule has 6 nitrogen and oxygen atoms in total. The molecule has 1 saturated heterocycles. The quantitative estimate of drug-likeness (QED) is 0.595. The van der Waals surface area contributed by atoms with Gasteiger partial charge in [-0.3, -0.25) is 15.1 Å². The Hall–Kier alpha value is -2.11. The van der Waals surface area contributed by atoms with Gasteiger partial charge in [0.05, 0.1) is 4.92 Å². The van der Waals surface area contributed by atoms with Crippen LogP contribution in [0.3, 0.4) is 0 Å². The summed E-state index contributed by atoms with van der Waals surface area (Å²) in [4.78, 5) is 15.8. The van der Waals surface area contributed by atoms with Gasteiger partial charge in [-0.2, -0.15) is 0 Å². The predicted octanol–water partition coefficient (Wildman–Crippen LogP) is 0.562. The number of nitrogens with one attached hydrogen (secondary N) is 1. The Kier molecular flexibility index (Phi) is 3.00. The van der Waals surface area contributed by atoms with E-state index in [2.05, 4.69) is 10.3 Å². The van der Waals surface area contributed by atoms with Crippen LogP contribution in [-0.4, -0.2) is 27.9 Å². The second kappa shape index (κ2) is 4.61. The highest BCUT2D eigenvalue weighted by Gasteiger charge is 2.19. The molecule has 6 heteroatoms. The average Bonchev–Trinajstić information content (AvgIpc) is 2.66. The van der Waals surface area contributed by atoms with Gasteiger partial charge in [0.1, 0.15) is 0 Å². The molecule has 0 amide bonds. The summed E-state index contributed by atoms with van der Waals surface area (Å²) in [6, 6.07) is 3.81. The number of pyridine rings is 1. The van der Waals surface area contributed by atoms with Crippen LogP contribution < -0.4 is 5.32 Å².